The third-order valence-corrected chi connectivity index (χ3v) is 2.12. The Balaban J connectivity index is 2.94. The van der Waals surface area contributed by atoms with E-state index in [1.54, 1.807) is 6.08 Å². The highest BCUT2D eigenvalue weighted by Crippen LogP contribution is 2.28. The average molecular weight is 242 g/mol. The number of allylic oxidation sites excluding steroid dienone is 1. The van der Waals surface area contributed by atoms with Crippen LogP contribution in [0.2, 0.25) is 0 Å². The van der Waals surface area contributed by atoms with Gasteiger partial charge in [-0.1, -0.05) is 12.2 Å². The van der Waals surface area contributed by atoms with E-state index < -0.39 is 27.9 Å². The number of nitrogens with one attached hydrogen (secondary N) is 1. The topological polar surface area (TPSA) is 55.2 Å². The molecule has 0 fully saturated rings. The molecule has 6 heteroatoms. The summed E-state index contributed by atoms with van der Waals surface area (Å²) in [6.07, 6.45) is 4.19. The minimum Gasteiger partial charge on any atom is -0.377 e. The van der Waals surface area contributed by atoms with Gasteiger partial charge in [-0.25, -0.2) is 8.78 Å². The zero-order chi connectivity index (χ0) is 12.8. The number of benzene rings is 1. The van der Waals surface area contributed by atoms with Crippen LogP contribution in [0.15, 0.2) is 24.3 Å². The van der Waals surface area contributed by atoms with E-state index >= 15 is 0 Å². The van der Waals surface area contributed by atoms with Gasteiger partial charge >= 0.3 is 0 Å². The van der Waals surface area contributed by atoms with Crippen LogP contribution in [0.5, 0.6) is 0 Å². The summed E-state index contributed by atoms with van der Waals surface area (Å²) in [5, 5.41) is 13.2. The van der Waals surface area contributed by atoms with Gasteiger partial charge in [0.25, 0.3) is 5.69 Å². The highest BCUT2D eigenvalue weighted by atomic mass is 19.2. The highest BCUT2D eigenvalue weighted by molar-refractivity contribution is 5.62. The summed E-state index contributed by atoms with van der Waals surface area (Å²) in [5.74, 6) is -2.33. The Morgan fingerprint density at radius 3 is 2.76 bits per heavy atom. The number of nitro benzene ring substituents is 1. The third kappa shape index (κ3) is 3.24. The summed E-state index contributed by atoms with van der Waals surface area (Å²) >= 11 is 0. The lowest BCUT2D eigenvalue weighted by atomic mass is 10.2. The second kappa shape index (κ2) is 5.93. The van der Waals surface area contributed by atoms with Crippen LogP contribution < -0.4 is 5.32 Å². The van der Waals surface area contributed by atoms with Crippen LogP contribution in [0.1, 0.15) is 13.3 Å². The molecule has 0 heterocycles. The van der Waals surface area contributed by atoms with Crippen LogP contribution in [0.4, 0.5) is 20.2 Å². The Morgan fingerprint density at radius 2 is 2.18 bits per heavy atom. The molecular weight excluding hydrogens is 230 g/mol. The Bertz CT molecular complexity index is 447. The molecule has 1 rings (SSSR count). The summed E-state index contributed by atoms with van der Waals surface area (Å²) < 4.78 is 26.3. The maximum atomic E-state index is 13.4. The first-order valence-electron chi connectivity index (χ1n) is 5.05. The smallest absolute Gasteiger partial charge is 0.295 e. The number of hydrogen-bond acceptors (Lipinski definition) is 3. The van der Waals surface area contributed by atoms with Gasteiger partial charge in [0.05, 0.1) is 4.92 Å². The van der Waals surface area contributed by atoms with Crippen molar-refractivity contribution in [3.8, 4) is 0 Å². The van der Waals surface area contributed by atoms with Crippen molar-refractivity contribution in [2.24, 2.45) is 0 Å². The van der Waals surface area contributed by atoms with E-state index in [-0.39, 0.29) is 0 Å². The molecular formula is C11H12F2N2O2. The molecule has 17 heavy (non-hydrogen) atoms. The van der Waals surface area contributed by atoms with Gasteiger partial charge in [-0.15, -0.1) is 0 Å². The normalized spacial score (nSPS) is 10.8. The minimum absolute atomic E-state index is 0.297. The van der Waals surface area contributed by atoms with Crippen LogP contribution in [0, 0.1) is 21.7 Å². The van der Waals surface area contributed by atoms with Crippen molar-refractivity contribution < 1.29 is 13.7 Å². The number of rotatable bonds is 5. The van der Waals surface area contributed by atoms with Crippen molar-refractivity contribution in [3.63, 3.8) is 0 Å². The largest absolute Gasteiger partial charge is 0.377 e. The van der Waals surface area contributed by atoms with E-state index in [1.807, 2.05) is 13.0 Å². The fraction of sp³-hybridized carbons (Fsp3) is 0.273. The summed E-state index contributed by atoms with van der Waals surface area (Å²) in [4.78, 5) is 9.89. The van der Waals surface area contributed by atoms with E-state index in [4.69, 9.17) is 0 Å². The Morgan fingerprint density at radius 1 is 1.47 bits per heavy atom. The average Bonchev–Trinajstić information content (AvgIpc) is 2.29. The Hall–Kier alpha value is -1.98. The molecule has 1 aromatic rings. The number of nitro groups is 1. The monoisotopic (exact) mass is 242 g/mol. The van der Waals surface area contributed by atoms with Crippen LogP contribution in [0.3, 0.4) is 0 Å². The zero-order valence-corrected chi connectivity index (χ0v) is 9.24. The number of halogens is 2. The van der Waals surface area contributed by atoms with E-state index in [1.165, 1.54) is 0 Å². The van der Waals surface area contributed by atoms with Gasteiger partial charge in [0.1, 0.15) is 0 Å². The molecule has 0 amide bonds. The van der Waals surface area contributed by atoms with Crippen LogP contribution in [-0.4, -0.2) is 11.5 Å². The second-order valence-electron chi connectivity index (χ2n) is 3.30. The zero-order valence-electron chi connectivity index (χ0n) is 9.24. The molecule has 0 aromatic heterocycles. The van der Waals surface area contributed by atoms with E-state index in [9.17, 15) is 18.9 Å². The molecule has 0 bridgehead atoms. The van der Waals surface area contributed by atoms with Crippen LogP contribution in [-0.2, 0) is 0 Å². The summed E-state index contributed by atoms with van der Waals surface area (Å²) in [7, 11) is 0. The van der Waals surface area contributed by atoms with Crippen molar-refractivity contribution in [2.45, 2.75) is 13.3 Å². The highest BCUT2D eigenvalue weighted by Gasteiger charge is 2.20. The van der Waals surface area contributed by atoms with Gasteiger partial charge in [0, 0.05) is 12.6 Å². The molecule has 0 saturated heterocycles. The fourth-order valence-corrected chi connectivity index (χ4v) is 1.31. The first-order chi connectivity index (χ1) is 8.07. The maximum Gasteiger partial charge on any atom is 0.295 e. The van der Waals surface area contributed by atoms with Gasteiger partial charge in [-0.05, 0) is 19.4 Å². The molecule has 0 atom stereocenters. The van der Waals surface area contributed by atoms with Crippen molar-refractivity contribution in [1.82, 2.24) is 0 Å². The molecule has 4 nitrogen and oxygen atoms in total. The SMILES string of the molecule is C/C=C/CCNc1c([N+](=O)[O-])ccc(F)c1F. The quantitative estimate of drug-likeness (QED) is 0.373. The molecule has 0 aliphatic rings. The molecule has 0 saturated carbocycles. The second-order valence-corrected chi connectivity index (χ2v) is 3.30. The van der Waals surface area contributed by atoms with Gasteiger partial charge < -0.3 is 5.32 Å². The number of nitrogens with zero attached hydrogens (tertiary/aromatic N) is 1. The lowest BCUT2D eigenvalue weighted by molar-refractivity contribution is -0.384. The summed E-state index contributed by atoms with van der Waals surface area (Å²) in [5.41, 5.74) is -0.871. The lowest BCUT2D eigenvalue weighted by Gasteiger charge is -2.07. The van der Waals surface area contributed by atoms with Crippen molar-refractivity contribution in [1.29, 1.82) is 0 Å². The molecule has 0 unspecified atom stereocenters. The van der Waals surface area contributed by atoms with Gasteiger partial charge in [0.15, 0.2) is 17.3 Å². The standard InChI is InChI=1S/C11H12F2N2O2/c1-2-3-4-7-14-11-9(15(16)17)6-5-8(12)10(11)13/h2-3,5-6,14H,4,7H2,1H3/b3-2+. The molecule has 0 spiro atoms. The minimum atomic E-state index is -1.22. The van der Waals surface area contributed by atoms with Crippen molar-refractivity contribution in [2.75, 3.05) is 11.9 Å². The van der Waals surface area contributed by atoms with E-state index in [0.717, 1.165) is 12.1 Å². The lowest BCUT2D eigenvalue weighted by Crippen LogP contribution is -2.07. The van der Waals surface area contributed by atoms with Gasteiger partial charge in [-0.2, -0.15) is 0 Å². The van der Waals surface area contributed by atoms with Crippen LogP contribution in [0.25, 0.3) is 0 Å². The Kier molecular flexibility index (Phi) is 4.56. The fourth-order valence-electron chi connectivity index (χ4n) is 1.31. The predicted octanol–water partition coefficient (Wildman–Crippen LogP) is 3.25. The molecule has 0 aliphatic carbocycles. The summed E-state index contributed by atoms with van der Waals surface area (Å²) in [6, 6.07) is 1.68. The molecule has 1 aromatic carbocycles. The predicted molar refractivity (Wildman–Crippen MR) is 60.9 cm³/mol. The van der Waals surface area contributed by atoms with Gasteiger partial charge in [0.2, 0.25) is 0 Å². The Labute approximate surface area is 97.1 Å². The third-order valence-electron chi connectivity index (χ3n) is 2.12. The first kappa shape index (κ1) is 13.1. The van der Waals surface area contributed by atoms with E-state index in [0.29, 0.717) is 13.0 Å². The first-order valence-corrected chi connectivity index (χ1v) is 5.05. The van der Waals surface area contributed by atoms with Crippen molar-refractivity contribution in [3.05, 3.63) is 46.0 Å². The molecule has 92 valence electrons. The number of anilines is 1. The van der Waals surface area contributed by atoms with Crippen molar-refractivity contribution >= 4 is 11.4 Å². The van der Waals surface area contributed by atoms with Crippen LogP contribution >= 0.6 is 0 Å². The molecule has 0 radical (unpaired) electrons. The molecule has 0 aliphatic heterocycles. The number of hydrogen-bond donors (Lipinski definition) is 1. The summed E-state index contributed by atoms with van der Waals surface area (Å²) in [6.45, 7) is 2.12. The van der Waals surface area contributed by atoms with Gasteiger partial charge in [-0.3, -0.25) is 10.1 Å². The van der Waals surface area contributed by atoms with E-state index in [2.05, 4.69) is 5.32 Å². The maximum absolute atomic E-state index is 13.4. The molecule has 1 N–H and O–H groups in total.